The minimum atomic E-state index is 0.101. The second-order valence-electron chi connectivity index (χ2n) is 1.55. The standard InChI is InChI=1S/C5H7N3O/c1-9-4-2-3-7-8-5(4)6/h2,6H,3H2,1H3. The van der Waals surface area contributed by atoms with E-state index >= 15 is 0 Å². The van der Waals surface area contributed by atoms with Crippen LogP contribution in [0.25, 0.3) is 0 Å². The molecule has 0 spiro atoms. The summed E-state index contributed by atoms with van der Waals surface area (Å²) < 4.78 is 4.79. The van der Waals surface area contributed by atoms with Gasteiger partial charge in [-0.1, -0.05) is 0 Å². The van der Waals surface area contributed by atoms with Crippen LogP contribution in [0.3, 0.4) is 0 Å². The molecule has 1 aliphatic heterocycles. The zero-order valence-electron chi connectivity index (χ0n) is 5.09. The third kappa shape index (κ3) is 1.13. The van der Waals surface area contributed by atoms with E-state index in [2.05, 4.69) is 10.2 Å². The van der Waals surface area contributed by atoms with Crippen molar-refractivity contribution in [3.63, 3.8) is 0 Å². The number of hydrogen-bond donors (Lipinski definition) is 1. The number of rotatable bonds is 1. The summed E-state index contributed by atoms with van der Waals surface area (Å²) in [6.07, 6.45) is 1.72. The van der Waals surface area contributed by atoms with Crippen LogP contribution in [0.2, 0.25) is 0 Å². The van der Waals surface area contributed by atoms with Crippen LogP contribution in [0.4, 0.5) is 0 Å². The van der Waals surface area contributed by atoms with E-state index in [1.807, 2.05) is 0 Å². The van der Waals surface area contributed by atoms with E-state index in [-0.39, 0.29) is 5.84 Å². The topological polar surface area (TPSA) is 57.8 Å². The summed E-state index contributed by atoms with van der Waals surface area (Å²) in [5.74, 6) is 0.605. The molecule has 4 heteroatoms. The number of hydrogen-bond acceptors (Lipinski definition) is 3. The molecule has 0 fully saturated rings. The van der Waals surface area contributed by atoms with Gasteiger partial charge in [-0.25, -0.2) is 0 Å². The summed E-state index contributed by atoms with van der Waals surface area (Å²) in [4.78, 5) is 0. The molecular formula is C5H7N3O. The Labute approximate surface area is 52.7 Å². The Morgan fingerprint density at radius 3 is 3.00 bits per heavy atom. The summed E-state index contributed by atoms with van der Waals surface area (Å²) in [5.41, 5.74) is 0. The lowest BCUT2D eigenvalue weighted by Gasteiger charge is -2.04. The molecule has 1 heterocycles. The lowest BCUT2D eigenvalue weighted by atomic mass is 10.4. The van der Waals surface area contributed by atoms with Gasteiger partial charge in [-0.05, 0) is 6.08 Å². The number of azo groups is 1. The number of nitrogens with zero attached hydrogens (tertiary/aromatic N) is 2. The first-order chi connectivity index (χ1) is 4.34. The van der Waals surface area contributed by atoms with Gasteiger partial charge in [-0.3, -0.25) is 5.41 Å². The molecule has 0 amide bonds. The molecule has 0 aliphatic carbocycles. The van der Waals surface area contributed by atoms with Crippen LogP contribution in [-0.2, 0) is 4.74 Å². The lowest BCUT2D eigenvalue weighted by Crippen LogP contribution is -2.03. The van der Waals surface area contributed by atoms with Crippen LogP contribution >= 0.6 is 0 Å². The Balaban J connectivity index is 2.71. The molecule has 0 saturated carbocycles. The number of nitrogens with one attached hydrogen (secondary N) is 1. The minimum absolute atomic E-state index is 0.101. The largest absolute Gasteiger partial charge is 0.493 e. The van der Waals surface area contributed by atoms with Crippen LogP contribution < -0.4 is 0 Å². The van der Waals surface area contributed by atoms with Gasteiger partial charge in [0.15, 0.2) is 5.76 Å². The quantitative estimate of drug-likeness (QED) is 0.557. The van der Waals surface area contributed by atoms with Crippen molar-refractivity contribution in [2.24, 2.45) is 10.2 Å². The highest BCUT2D eigenvalue weighted by atomic mass is 16.5. The highest BCUT2D eigenvalue weighted by Crippen LogP contribution is 2.03. The summed E-state index contributed by atoms with van der Waals surface area (Å²) in [5, 5.41) is 14.2. The molecule has 0 aromatic carbocycles. The van der Waals surface area contributed by atoms with Crippen molar-refractivity contribution in [3.8, 4) is 0 Å². The van der Waals surface area contributed by atoms with Gasteiger partial charge in [0, 0.05) is 0 Å². The summed E-state index contributed by atoms with van der Waals surface area (Å²) >= 11 is 0. The van der Waals surface area contributed by atoms with Crippen LogP contribution in [0, 0.1) is 5.41 Å². The van der Waals surface area contributed by atoms with Gasteiger partial charge < -0.3 is 4.74 Å². The Hall–Kier alpha value is -1.19. The van der Waals surface area contributed by atoms with Crippen LogP contribution in [-0.4, -0.2) is 19.5 Å². The van der Waals surface area contributed by atoms with Crippen LogP contribution in [0.15, 0.2) is 22.1 Å². The third-order valence-electron chi connectivity index (χ3n) is 0.982. The molecule has 0 aromatic heterocycles. The van der Waals surface area contributed by atoms with E-state index in [0.717, 1.165) is 0 Å². The molecule has 1 N–H and O–H groups in total. The highest BCUT2D eigenvalue weighted by Gasteiger charge is 2.05. The smallest absolute Gasteiger partial charge is 0.208 e. The van der Waals surface area contributed by atoms with Crippen molar-refractivity contribution in [2.75, 3.05) is 13.7 Å². The lowest BCUT2D eigenvalue weighted by molar-refractivity contribution is 0.311. The predicted octanol–water partition coefficient (Wildman–Crippen LogP) is 0.960. The summed E-state index contributed by atoms with van der Waals surface area (Å²) in [6, 6.07) is 0. The SMILES string of the molecule is COC1=CCN=NC1=N. The number of ether oxygens (including phenoxy) is 1. The fourth-order valence-corrected chi connectivity index (χ4v) is 0.561. The van der Waals surface area contributed by atoms with Crippen LogP contribution in [0.1, 0.15) is 0 Å². The van der Waals surface area contributed by atoms with Crippen LogP contribution in [0.5, 0.6) is 0 Å². The molecule has 0 saturated heterocycles. The maximum absolute atomic E-state index is 7.09. The Morgan fingerprint density at radius 1 is 1.78 bits per heavy atom. The van der Waals surface area contributed by atoms with Crippen molar-refractivity contribution in [2.45, 2.75) is 0 Å². The van der Waals surface area contributed by atoms with E-state index in [9.17, 15) is 0 Å². The molecule has 0 atom stereocenters. The maximum atomic E-state index is 7.09. The first-order valence-corrected chi connectivity index (χ1v) is 2.55. The molecule has 1 rings (SSSR count). The summed E-state index contributed by atoms with van der Waals surface area (Å²) in [7, 11) is 1.52. The molecule has 0 radical (unpaired) electrons. The number of amidine groups is 1. The van der Waals surface area contributed by atoms with Crippen molar-refractivity contribution in [1.82, 2.24) is 0 Å². The molecular weight excluding hydrogens is 118 g/mol. The molecule has 0 bridgehead atoms. The zero-order valence-corrected chi connectivity index (χ0v) is 5.09. The Kier molecular flexibility index (Phi) is 1.58. The molecule has 1 aliphatic rings. The predicted molar refractivity (Wildman–Crippen MR) is 32.5 cm³/mol. The summed E-state index contributed by atoms with van der Waals surface area (Å²) in [6.45, 7) is 0.519. The highest BCUT2D eigenvalue weighted by molar-refractivity contribution is 5.94. The molecule has 48 valence electrons. The van der Waals surface area contributed by atoms with Crippen molar-refractivity contribution < 1.29 is 4.74 Å². The Morgan fingerprint density at radius 2 is 2.56 bits per heavy atom. The maximum Gasteiger partial charge on any atom is 0.208 e. The van der Waals surface area contributed by atoms with Gasteiger partial charge in [0.05, 0.1) is 13.7 Å². The second-order valence-corrected chi connectivity index (χ2v) is 1.55. The van der Waals surface area contributed by atoms with E-state index in [4.69, 9.17) is 10.1 Å². The number of methoxy groups -OCH3 is 1. The fourth-order valence-electron chi connectivity index (χ4n) is 0.561. The van der Waals surface area contributed by atoms with Gasteiger partial charge in [0.25, 0.3) is 0 Å². The monoisotopic (exact) mass is 125 g/mol. The van der Waals surface area contributed by atoms with Gasteiger partial charge in [0.2, 0.25) is 5.84 Å². The van der Waals surface area contributed by atoms with E-state index < -0.39 is 0 Å². The normalized spacial score (nSPS) is 17.4. The van der Waals surface area contributed by atoms with E-state index in [1.54, 1.807) is 6.08 Å². The average Bonchev–Trinajstić information content (AvgIpc) is 1.89. The van der Waals surface area contributed by atoms with Crippen molar-refractivity contribution in [3.05, 3.63) is 11.8 Å². The molecule has 0 aromatic rings. The van der Waals surface area contributed by atoms with E-state index in [0.29, 0.717) is 12.3 Å². The first kappa shape index (κ1) is 5.94. The minimum Gasteiger partial charge on any atom is -0.493 e. The van der Waals surface area contributed by atoms with Gasteiger partial charge in [-0.15, -0.1) is 5.11 Å². The van der Waals surface area contributed by atoms with Gasteiger partial charge in [-0.2, -0.15) is 5.11 Å². The molecule has 9 heavy (non-hydrogen) atoms. The van der Waals surface area contributed by atoms with Crippen molar-refractivity contribution >= 4 is 5.84 Å². The second kappa shape index (κ2) is 2.39. The fraction of sp³-hybridized carbons (Fsp3) is 0.400. The first-order valence-electron chi connectivity index (χ1n) is 2.55. The average molecular weight is 125 g/mol. The third-order valence-corrected chi connectivity index (χ3v) is 0.982. The zero-order chi connectivity index (χ0) is 6.69. The molecule has 4 nitrogen and oxygen atoms in total. The molecule has 0 unspecified atom stereocenters. The van der Waals surface area contributed by atoms with E-state index in [1.165, 1.54) is 7.11 Å². The van der Waals surface area contributed by atoms with Gasteiger partial charge in [0.1, 0.15) is 0 Å². The van der Waals surface area contributed by atoms with Gasteiger partial charge >= 0.3 is 0 Å². The van der Waals surface area contributed by atoms with Crippen molar-refractivity contribution in [1.29, 1.82) is 5.41 Å². The Bertz CT molecular complexity index is 183.